The van der Waals surface area contributed by atoms with Gasteiger partial charge in [-0.15, -0.1) is 0 Å². The minimum atomic E-state index is 0.325. The van der Waals surface area contributed by atoms with Crippen LogP contribution in [0.5, 0.6) is 11.5 Å². The van der Waals surface area contributed by atoms with Crippen molar-refractivity contribution in [2.75, 3.05) is 13.3 Å². The lowest BCUT2D eigenvalue weighted by molar-refractivity contribution is 0.174. The molecule has 0 saturated carbocycles. The number of nitrogens with zero attached hydrogens (tertiary/aromatic N) is 3. The number of nitriles is 1. The Hall–Kier alpha value is -2.97. The van der Waals surface area contributed by atoms with Gasteiger partial charge in [0.15, 0.2) is 11.5 Å². The van der Waals surface area contributed by atoms with Gasteiger partial charge in [-0.25, -0.2) is 0 Å². The third-order valence-corrected chi connectivity index (χ3v) is 6.33. The Morgan fingerprint density at radius 1 is 1.10 bits per heavy atom. The Balaban J connectivity index is 1.27. The van der Waals surface area contributed by atoms with E-state index < -0.39 is 0 Å². The quantitative estimate of drug-likeness (QED) is 0.652. The number of likely N-dealkylation sites (tertiary alicyclic amines) is 1. The van der Waals surface area contributed by atoms with Crippen LogP contribution in [-0.2, 0) is 20.0 Å². The van der Waals surface area contributed by atoms with Crippen LogP contribution in [0, 0.1) is 11.3 Å². The SMILES string of the molecule is Cn1c(CC[C@@H]2CCCN2Cc2ccc3c(c2)OCO3)cc2ccc(C#N)cc21. The van der Waals surface area contributed by atoms with Gasteiger partial charge in [-0.3, -0.25) is 4.90 Å². The minimum absolute atomic E-state index is 0.325. The number of aryl methyl sites for hydroxylation is 2. The molecule has 0 unspecified atom stereocenters. The van der Waals surface area contributed by atoms with Crippen LogP contribution < -0.4 is 9.47 Å². The van der Waals surface area contributed by atoms with Crippen molar-refractivity contribution in [3.8, 4) is 17.6 Å². The molecular formula is C24H25N3O2. The molecule has 29 heavy (non-hydrogen) atoms. The maximum Gasteiger partial charge on any atom is 0.231 e. The van der Waals surface area contributed by atoms with Gasteiger partial charge in [-0.1, -0.05) is 12.1 Å². The van der Waals surface area contributed by atoms with E-state index in [1.165, 1.54) is 29.5 Å². The molecule has 0 spiro atoms. The Kier molecular flexibility index (Phi) is 4.65. The third-order valence-electron chi connectivity index (χ3n) is 6.33. The molecule has 0 amide bonds. The van der Waals surface area contributed by atoms with Gasteiger partial charge in [0.25, 0.3) is 0 Å². The van der Waals surface area contributed by atoms with Crippen LogP contribution in [0.15, 0.2) is 42.5 Å². The summed E-state index contributed by atoms with van der Waals surface area (Å²) >= 11 is 0. The molecule has 0 bridgehead atoms. The van der Waals surface area contributed by atoms with Crippen LogP contribution in [0.4, 0.5) is 0 Å². The molecule has 3 aromatic rings. The van der Waals surface area contributed by atoms with Crippen molar-refractivity contribution in [2.45, 2.75) is 38.3 Å². The minimum Gasteiger partial charge on any atom is -0.454 e. The first kappa shape index (κ1) is 18.1. The Labute approximate surface area is 171 Å². The van der Waals surface area contributed by atoms with Crippen molar-refractivity contribution in [3.05, 3.63) is 59.3 Å². The van der Waals surface area contributed by atoms with Crippen LogP contribution in [-0.4, -0.2) is 28.8 Å². The first-order chi connectivity index (χ1) is 14.2. The van der Waals surface area contributed by atoms with Crippen LogP contribution in [0.3, 0.4) is 0 Å². The molecule has 1 fully saturated rings. The molecule has 2 aliphatic rings. The molecule has 5 nitrogen and oxygen atoms in total. The van der Waals surface area contributed by atoms with Crippen molar-refractivity contribution < 1.29 is 9.47 Å². The topological polar surface area (TPSA) is 50.4 Å². The second-order valence-corrected chi connectivity index (χ2v) is 8.07. The summed E-state index contributed by atoms with van der Waals surface area (Å²) in [5.74, 6) is 1.72. The van der Waals surface area contributed by atoms with Crippen molar-refractivity contribution in [2.24, 2.45) is 7.05 Å². The molecule has 5 rings (SSSR count). The molecule has 0 aliphatic carbocycles. The van der Waals surface area contributed by atoms with Gasteiger partial charge in [0.2, 0.25) is 6.79 Å². The van der Waals surface area contributed by atoms with E-state index in [9.17, 15) is 0 Å². The smallest absolute Gasteiger partial charge is 0.231 e. The van der Waals surface area contributed by atoms with Crippen molar-refractivity contribution in [1.29, 1.82) is 5.26 Å². The van der Waals surface area contributed by atoms with E-state index in [0.717, 1.165) is 48.5 Å². The predicted octanol–water partition coefficient (Wildman–Crippen LogP) is 4.38. The Morgan fingerprint density at radius 2 is 2.00 bits per heavy atom. The second-order valence-electron chi connectivity index (χ2n) is 8.07. The highest BCUT2D eigenvalue weighted by molar-refractivity contribution is 5.82. The van der Waals surface area contributed by atoms with Gasteiger partial charge in [0, 0.05) is 30.8 Å². The normalized spacial score (nSPS) is 18.4. The average Bonchev–Trinajstić information content (AvgIpc) is 3.45. The van der Waals surface area contributed by atoms with E-state index in [2.05, 4.69) is 46.8 Å². The highest BCUT2D eigenvalue weighted by Gasteiger charge is 2.25. The summed E-state index contributed by atoms with van der Waals surface area (Å²) in [7, 11) is 2.11. The van der Waals surface area contributed by atoms with Crippen LogP contribution in [0.1, 0.15) is 36.1 Å². The predicted molar refractivity (Wildman–Crippen MR) is 112 cm³/mol. The summed E-state index contributed by atoms with van der Waals surface area (Å²) in [4.78, 5) is 2.61. The summed E-state index contributed by atoms with van der Waals surface area (Å²) in [5.41, 5.74) is 4.48. The molecule has 0 radical (unpaired) electrons. The van der Waals surface area contributed by atoms with Gasteiger partial charge in [-0.2, -0.15) is 5.26 Å². The van der Waals surface area contributed by atoms with Crippen molar-refractivity contribution in [3.63, 3.8) is 0 Å². The fraction of sp³-hybridized carbons (Fsp3) is 0.375. The zero-order valence-electron chi connectivity index (χ0n) is 16.7. The standard InChI is InChI=1S/C24H25N3O2/c1-26-21(13-19-6-4-17(14-25)11-22(19)26)8-7-20-3-2-10-27(20)15-18-5-9-23-24(12-18)29-16-28-23/h4-6,9,11-13,20H,2-3,7-8,10,15-16H2,1H3/t20-/m0/s1. The molecule has 5 heteroatoms. The number of benzene rings is 2. The zero-order chi connectivity index (χ0) is 19.8. The monoisotopic (exact) mass is 387 g/mol. The fourth-order valence-corrected chi connectivity index (χ4v) is 4.72. The summed E-state index contributed by atoms with van der Waals surface area (Å²) in [6.45, 7) is 2.44. The number of fused-ring (bicyclic) bond motifs is 2. The number of hydrogen-bond donors (Lipinski definition) is 0. The second kappa shape index (κ2) is 7.46. The first-order valence-corrected chi connectivity index (χ1v) is 10.3. The van der Waals surface area contributed by atoms with Gasteiger partial charge in [0.1, 0.15) is 0 Å². The fourth-order valence-electron chi connectivity index (χ4n) is 4.72. The average molecular weight is 387 g/mol. The van der Waals surface area contributed by atoms with E-state index in [-0.39, 0.29) is 0 Å². The van der Waals surface area contributed by atoms with Gasteiger partial charge in [-0.05, 0) is 73.5 Å². The molecule has 0 N–H and O–H groups in total. The molecule has 3 heterocycles. The summed E-state index contributed by atoms with van der Waals surface area (Å²) in [5, 5.41) is 10.4. The molecule has 1 aromatic heterocycles. The lowest BCUT2D eigenvalue weighted by Crippen LogP contribution is -2.29. The van der Waals surface area contributed by atoms with E-state index in [1.807, 2.05) is 18.2 Å². The Bertz CT molecular complexity index is 1100. The van der Waals surface area contributed by atoms with E-state index in [0.29, 0.717) is 12.8 Å². The van der Waals surface area contributed by atoms with Crippen LogP contribution in [0.25, 0.3) is 10.9 Å². The van der Waals surface area contributed by atoms with E-state index in [4.69, 9.17) is 14.7 Å². The first-order valence-electron chi connectivity index (χ1n) is 10.3. The summed E-state index contributed by atoms with van der Waals surface area (Å²) < 4.78 is 13.2. The summed E-state index contributed by atoms with van der Waals surface area (Å²) in [6, 6.07) is 17.3. The van der Waals surface area contributed by atoms with Gasteiger partial charge >= 0.3 is 0 Å². The number of hydrogen-bond acceptors (Lipinski definition) is 4. The van der Waals surface area contributed by atoms with Crippen LogP contribution >= 0.6 is 0 Å². The lowest BCUT2D eigenvalue weighted by Gasteiger charge is -2.24. The zero-order valence-corrected chi connectivity index (χ0v) is 16.7. The number of aromatic nitrogens is 1. The maximum atomic E-state index is 9.16. The number of rotatable bonds is 5. The molecule has 1 atom stereocenters. The largest absolute Gasteiger partial charge is 0.454 e. The summed E-state index contributed by atoms with van der Waals surface area (Å²) in [6.07, 6.45) is 4.72. The molecule has 1 saturated heterocycles. The molecular weight excluding hydrogens is 362 g/mol. The highest BCUT2D eigenvalue weighted by atomic mass is 16.7. The molecule has 2 aliphatic heterocycles. The van der Waals surface area contributed by atoms with E-state index >= 15 is 0 Å². The highest BCUT2D eigenvalue weighted by Crippen LogP contribution is 2.34. The number of ether oxygens (including phenoxy) is 2. The molecule has 148 valence electrons. The Morgan fingerprint density at radius 3 is 2.90 bits per heavy atom. The molecule has 2 aromatic carbocycles. The lowest BCUT2D eigenvalue weighted by atomic mass is 10.1. The van der Waals surface area contributed by atoms with Crippen molar-refractivity contribution >= 4 is 10.9 Å². The van der Waals surface area contributed by atoms with Crippen molar-refractivity contribution in [1.82, 2.24) is 9.47 Å². The third kappa shape index (κ3) is 3.45. The van der Waals surface area contributed by atoms with Gasteiger partial charge < -0.3 is 14.0 Å². The van der Waals surface area contributed by atoms with Crippen LogP contribution in [0.2, 0.25) is 0 Å². The van der Waals surface area contributed by atoms with E-state index in [1.54, 1.807) is 0 Å². The van der Waals surface area contributed by atoms with Gasteiger partial charge in [0.05, 0.1) is 11.6 Å². The maximum absolute atomic E-state index is 9.16.